The van der Waals surface area contributed by atoms with E-state index in [-0.39, 0.29) is 24.0 Å². The monoisotopic (exact) mass is 496 g/mol. The fourth-order valence-corrected chi connectivity index (χ4v) is 3.98. The molecule has 1 atom stereocenters. The van der Waals surface area contributed by atoms with Crippen LogP contribution in [0.2, 0.25) is 0 Å². The molecule has 2 aromatic carbocycles. The normalized spacial score (nSPS) is 16.7. The maximum absolute atomic E-state index is 4.34. The number of guanidine groups is 1. The summed E-state index contributed by atoms with van der Waals surface area (Å²) in [5.41, 5.74) is 1.33. The number of hydrogen-bond donors (Lipinski definition) is 2. The summed E-state index contributed by atoms with van der Waals surface area (Å²) in [4.78, 5) is 8.12. The SMILES string of the molecule is CN=C(NCCSc1ccccc1)NCC1CCN(c2ccccc2)C1.I. The number of para-hydroxylation sites is 1. The lowest BCUT2D eigenvalue weighted by atomic mass is 10.1. The summed E-state index contributed by atoms with van der Waals surface area (Å²) in [6.07, 6.45) is 1.22. The number of hydrogen-bond acceptors (Lipinski definition) is 3. The number of nitrogens with one attached hydrogen (secondary N) is 2. The van der Waals surface area contributed by atoms with Crippen molar-refractivity contribution < 1.29 is 0 Å². The molecule has 0 amide bonds. The first kappa shape index (κ1) is 21.9. The van der Waals surface area contributed by atoms with Crippen LogP contribution in [-0.2, 0) is 0 Å². The summed E-state index contributed by atoms with van der Waals surface area (Å²) in [7, 11) is 1.84. The van der Waals surface area contributed by atoms with E-state index in [0.29, 0.717) is 5.92 Å². The van der Waals surface area contributed by atoms with Crippen LogP contribution in [0.3, 0.4) is 0 Å². The predicted octanol–water partition coefficient (Wildman–Crippen LogP) is 4.09. The second-order valence-corrected chi connectivity index (χ2v) is 7.65. The van der Waals surface area contributed by atoms with Gasteiger partial charge in [0, 0.05) is 49.6 Å². The van der Waals surface area contributed by atoms with E-state index in [9.17, 15) is 0 Å². The molecule has 146 valence electrons. The van der Waals surface area contributed by atoms with Crippen LogP contribution in [0.1, 0.15) is 6.42 Å². The molecule has 27 heavy (non-hydrogen) atoms. The second-order valence-electron chi connectivity index (χ2n) is 6.48. The summed E-state index contributed by atoms with van der Waals surface area (Å²) in [5, 5.41) is 6.90. The van der Waals surface area contributed by atoms with Crippen LogP contribution in [0.5, 0.6) is 0 Å². The van der Waals surface area contributed by atoms with Gasteiger partial charge in [-0.05, 0) is 36.6 Å². The molecule has 2 N–H and O–H groups in total. The van der Waals surface area contributed by atoms with Crippen molar-refractivity contribution in [2.45, 2.75) is 11.3 Å². The molecule has 3 rings (SSSR count). The Labute approximate surface area is 184 Å². The van der Waals surface area contributed by atoms with Gasteiger partial charge in [-0.15, -0.1) is 35.7 Å². The number of anilines is 1. The standard InChI is InChI=1S/C21H28N4S.HI/c1-22-21(23-13-15-26-20-10-6-3-7-11-20)24-16-18-12-14-25(17-18)19-8-4-2-5-9-19;/h2-11,18H,12-17H2,1H3,(H2,22,23,24);1H. The van der Waals surface area contributed by atoms with E-state index < -0.39 is 0 Å². The van der Waals surface area contributed by atoms with Crippen LogP contribution in [-0.4, -0.2) is 44.9 Å². The Bertz CT molecular complexity index is 681. The minimum absolute atomic E-state index is 0. The maximum Gasteiger partial charge on any atom is 0.191 e. The summed E-state index contributed by atoms with van der Waals surface area (Å²) in [5.74, 6) is 2.58. The smallest absolute Gasteiger partial charge is 0.191 e. The molecule has 1 unspecified atom stereocenters. The molecule has 1 aliphatic rings. The van der Waals surface area contributed by atoms with Crippen molar-refractivity contribution in [3.63, 3.8) is 0 Å². The van der Waals surface area contributed by atoms with Crippen LogP contribution in [0.25, 0.3) is 0 Å². The largest absolute Gasteiger partial charge is 0.371 e. The maximum atomic E-state index is 4.34. The van der Waals surface area contributed by atoms with Gasteiger partial charge in [-0.1, -0.05) is 36.4 Å². The second kappa shape index (κ2) is 12.1. The molecule has 1 aliphatic heterocycles. The minimum Gasteiger partial charge on any atom is -0.371 e. The molecule has 0 aliphatic carbocycles. The van der Waals surface area contributed by atoms with Crippen molar-refractivity contribution in [3.8, 4) is 0 Å². The Kier molecular flexibility index (Phi) is 9.83. The number of nitrogens with zero attached hydrogens (tertiary/aromatic N) is 2. The number of halogens is 1. The average molecular weight is 496 g/mol. The van der Waals surface area contributed by atoms with Gasteiger partial charge in [-0.2, -0.15) is 0 Å². The minimum atomic E-state index is 0. The van der Waals surface area contributed by atoms with Gasteiger partial charge in [0.1, 0.15) is 0 Å². The van der Waals surface area contributed by atoms with E-state index in [4.69, 9.17) is 0 Å². The number of aliphatic imine (C=N–C) groups is 1. The van der Waals surface area contributed by atoms with E-state index >= 15 is 0 Å². The summed E-state index contributed by atoms with van der Waals surface area (Å²) in [6, 6.07) is 21.2. The highest BCUT2D eigenvalue weighted by molar-refractivity contribution is 14.0. The van der Waals surface area contributed by atoms with Crippen molar-refractivity contribution >= 4 is 47.4 Å². The molecule has 0 aromatic heterocycles. The Balaban J connectivity index is 0.00000261. The zero-order valence-corrected chi connectivity index (χ0v) is 19.0. The molecule has 0 bridgehead atoms. The molecule has 0 radical (unpaired) electrons. The molecule has 1 fully saturated rings. The molecule has 0 spiro atoms. The van der Waals surface area contributed by atoms with Gasteiger partial charge in [0.2, 0.25) is 0 Å². The Morgan fingerprint density at radius 2 is 1.78 bits per heavy atom. The third-order valence-electron chi connectivity index (χ3n) is 4.60. The lowest BCUT2D eigenvalue weighted by Crippen LogP contribution is -2.41. The predicted molar refractivity (Wildman–Crippen MR) is 129 cm³/mol. The topological polar surface area (TPSA) is 39.7 Å². The number of benzene rings is 2. The van der Waals surface area contributed by atoms with Gasteiger partial charge in [-0.3, -0.25) is 4.99 Å². The van der Waals surface area contributed by atoms with Gasteiger partial charge in [0.15, 0.2) is 5.96 Å². The molecule has 1 saturated heterocycles. The van der Waals surface area contributed by atoms with Crippen LogP contribution < -0.4 is 15.5 Å². The van der Waals surface area contributed by atoms with E-state index in [1.165, 1.54) is 17.0 Å². The Morgan fingerprint density at radius 3 is 2.48 bits per heavy atom. The number of thioether (sulfide) groups is 1. The van der Waals surface area contributed by atoms with Crippen LogP contribution in [0.4, 0.5) is 5.69 Å². The van der Waals surface area contributed by atoms with E-state index in [2.05, 4.69) is 81.2 Å². The van der Waals surface area contributed by atoms with Gasteiger partial charge in [0.05, 0.1) is 0 Å². The molecule has 6 heteroatoms. The molecule has 1 heterocycles. The van der Waals surface area contributed by atoms with Crippen molar-refractivity contribution in [2.75, 3.05) is 43.9 Å². The Morgan fingerprint density at radius 1 is 1.07 bits per heavy atom. The fourth-order valence-electron chi connectivity index (χ4n) is 3.19. The summed E-state index contributed by atoms with van der Waals surface area (Å²) >= 11 is 1.86. The summed E-state index contributed by atoms with van der Waals surface area (Å²) in [6.45, 7) is 4.11. The van der Waals surface area contributed by atoms with Crippen molar-refractivity contribution in [1.82, 2.24) is 10.6 Å². The van der Waals surface area contributed by atoms with E-state index in [1.807, 2.05) is 18.8 Å². The van der Waals surface area contributed by atoms with Crippen molar-refractivity contribution in [3.05, 3.63) is 60.7 Å². The lowest BCUT2D eigenvalue weighted by Gasteiger charge is -2.19. The summed E-state index contributed by atoms with van der Waals surface area (Å²) < 4.78 is 0. The van der Waals surface area contributed by atoms with Crippen LogP contribution >= 0.6 is 35.7 Å². The van der Waals surface area contributed by atoms with Gasteiger partial charge in [0.25, 0.3) is 0 Å². The number of rotatable bonds is 7. The first-order valence-corrected chi connectivity index (χ1v) is 10.3. The highest BCUT2D eigenvalue weighted by Gasteiger charge is 2.22. The molecular formula is C21H29IN4S. The van der Waals surface area contributed by atoms with Gasteiger partial charge >= 0.3 is 0 Å². The highest BCUT2D eigenvalue weighted by atomic mass is 127. The van der Waals surface area contributed by atoms with E-state index in [0.717, 1.165) is 37.9 Å². The lowest BCUT2D eigenvalue weighted by molar-refractivity contribution is 0.566. The first-order chi connectivity index (χ1) is 12.8. The third-order valence-corrected chi connectivity index (χ3v) is 5.61. The zero-order valence-electron chi connectivity index (χ0n) is 15.8. The van der Waals surface area contributed by atoms with Gasteiger partial charge < -0.3 is 15.5 Å². The molecular weight excluding hydrogens is 467 g/mol. The van der Waals surface area contributed by atoms with Crippen molar-refractivity contribution in [1.29, 1.82) is 0 Å². The third kappa shape index (κ3) is 7.25. The van der Waals surface area contributed by atoms with Gasteiger partial charge in [-0.25, -0.2) is 0 Å². The Hall–Kier alpha value is -1.41. The zero-order chi connectivity index (χ0) is 18.0. The highest BCUT2D eigenvalue weighted by Crippen LogP contribution is 2.22. The molecule has 4 nitrogen and oxygen atoms in total. The molecule has 0 saturated carbocycles. The van der Waals surface area contributed by atoms with E-state index in [1.54, 1.807) is 0 Å². The quantitative estimate of drug-likeness (QED) is 0.199. The molecule has 2 aromatic rings. The van der Waals surface area contributed by atoms with Crippen LogP contribution in [0.15, 0.2) is 70.6 Å². The first-order valence-electron chi connectivity index (χ1n) is 9.27. The van der Waals surface area contributed by atoms with Crippen LogP contribution in [0, 0.1) is 5.92 Å². The average Bonchev–Trinajstić information content (AvgIpc) is 3.18. The van der Waals surface area contributed by atoms with Crippen molar-refractivity contribution in [2.24, 2.45) is 10.9 Å². The fraction of sp³-hybridized carbons (Fsp3) is 0.381.